The van der Waals surface area contributed by atoms with Gasteiger partial charge in [-0.3, -0.25) is 25.0 Å². The van der Waals surface area contributed by atoms with Crippen LogP contribution >= 0.6 is 0 Å². The van der Waals surface area contributed by atoms with Crippen molar-refractivity contribution in [1.82, 2.24) is 4.98 Å². The monoisotopic (exact) mass is 392 g/mol. The number of benzene rings is 2. The molecule has 3 rings (SSSR count). The molecular weight excluding hydrogens is 380 g/mol. The van der Waals surface area contributed by atoms with Crippen molar-refractivity contribution in [3.8, 4) is 28.7 Å². The lowest BCUT2D eigenvalue weighted by Gasteiger charge is -2.09. The molecule has 1 heterocycles. The number of aryl methyl sites for hydroxylation is 1. The molecule has 0 fully saturated rings. The van der Waals surface area contributed by atoms with Crippen LogP contribution in [0.4, 0.5) is 11.4 Å². The van der Waals surface area contributed by atoms with Gasteiger partial charge in [-0.1, -0.05) is 12.1 Å². The maximum absolute atomic E-state index is 12.0. The van der Waals surface area contributed by atoms with Crippen LogP contribution in [0, 0.1) is 38.5 Å². The van der Waals surface area contributed by atoms with Gasteiger partial charge in [0, 0.05) is 17.3 Å². The van der Waals surface area contributed by atoms with Crippen molar-refractivity contribution >= 4 is 11.4 Å². The molecule has 0 saturated carbocycles. The van der Waals surface area contributed by atoms with Crippen LogP contribution in [-0.2, 0) is 0 Å². The summed E-state index contributed by atoms with van der Waals surface area (Å²) >= 11 is 0. The van der Waals surface area contributed by atoms with Crippen molar-refractivity contribution in [2.75, 3.05) is 0 Å². The van der Waals surface area contributed by atoms with Gasteiger partial charge in [-0.2, -0.15) is 5.26 Å². The Labute approximate surface area is 162 Å². The Balaban J connectivity index is 2.05. The van der Waals surface area contributed by atoms with E-state index >= 15 is 0 Å². The van der Waals surface area contributed by atoms with Crippen LogP contribution < -0.4 is 10.3 Å². The van der Waals surface area contributed by atoms with Gasteiger partial charge >= 0.3 is 5.69 Å². The topological polar surface area (TPSA) is 152 Å². The predicted octanol–water partition coefficient (Wildman–Crippen LogP) is 3.83. The first kappa shape index (κ1) is 19.2. The molecule has 10 nitrogen and oxygen atoms in total. The van der Waals surface area contributed by atoms with Crippen molar-refractivity contribution in [2.45, 2.75) is 6.92 Å². The van der Waals surface area contributed by atoms with Gasteiger partial charge in [0.1, 0.15) is 17.4 Å². The van der Waals surface area contributed by atoms with E-state index in [2.05, 4.69) is 4.98 Å². The number of ether oxygens (including phenoxy) is 1. The quantitative estimate of drug-likeness (QED) is 0.511. The third-order valence-corrected chi connectivity index (χ3v) is 4.00. The van der Waals surface area contributed by atoms with Crippen LogP contribution in [0.1, 0.15) is 11.3 Å². The zero-order chi connectivity index (χ0) is 21.1. The first-order valence-corrected chi connectivity index (χ1v) is 8.15. The number of H-pyrrole nitrogens is 1. The van der Waals surface area contributed by atoms with E-state index in [0.717, 1.165) is 18.2 Å². The van der Waals surface area contributed by atoms with Gasteiger partial charge in [0.2, 0.25) is 5.75 Å². The number of hydrogen-bond acceptors (Lipinski definition) is 7. The summed E-state index contributed by atoms with van der Waals surface area (Å²) in [5, 5.41) is 31.4. The Morgan fingerprint density at radius 2 is 1.83 bits per heavy atom. The summed E-state index contributed by atoms with van der Waals surface area (Å²) in [5.74, 6) is 0.0154. The van der Waals surface area contributed by atoms with E-state index in [4.69, 9.17) is 4.74 Å². The number of hydrogen-bond donors (Lipinski definition) is 1. The third kappa shape index (κ3) is 3.93. The molecule has 1 N–H and O–H groups in total. The molecule has 29 heavy (non-hydrogen) atoms. The maximum Gasteiger partial charge on any atom is 0.318 e. The minimum atomic E-state index is -0.778. The zero-order valence-corrected chi connectivity index (χ0v) is 14.9. The van der Waals surface area contributed by atoms with E-state index in [9.17, 15) is 30.3 Å². The molecular formula is C19H12N4O6. The summed E-state index contributed by atoms with van der Waals surface area (Å²) in [4.78, 5) is 35.2. The lowest BCUT2D eigenvalue weighted by molar-refractivity contribution is -0.394. The van der Waals surface area contributed by atoms with E-state index in [1.807, 2.05) is 6.07 Å². The molecule has 0 amide bonds. The summed E-state index contributed by atoms with van der Waals surface area (Å²) in [6.07, 6.45) is 0. The fourth-order valence-electron chi connectivity index (χ4n) is 2.73. The van der Waals surface area contributed by atoms with Crippen LogP contribution in [0.2, 0.25) is 0 Å². The average Bonchev–Trinajstić information content (AvgIpc) is 2.67. The van der Waals surface area contributed by atoms with Crippen LogP contribution in [0.25, 0.3) is 11.1 Å². The lowest BCUT2D eigenvalue weighted by Crippen LogP contribution is -2.12. The molecule has 0 radical (unpaired) electrons. The van der Waals surface area contributed by atoms with Crippen molar-refractivity contribution < 1.29 is 14.6 Å². The van der Waals surface area contributed by atoms with E-state index in [0.29, 0.717) is 16.8 Å². The summed E-state index contributed by atoms with van der Waals surface area (Å²) in [6.45, 7) is 1.67. The molecule has 0 saturated heterocycles. The number of aromatic nitrogens is 1. The summed E-state index contributed by atoms with van der Waals surface area (Å²) < 4.78 is 5.57. The highest BCUT2D eigenvalue weighted by Gasteiger charge is 2.21. The Morgan fingerprint density at radius 1 is 1.07 bits per heavy atom. The SMILES string of the molecule is Cc1cc(-c2cccc(Oc3ccc([N+](=O)[O-])cc3[N+](=O)[O-])c2)c(C#N)c(=O)[nH]1. The molecule has 10 heteroatoms. The third-order valence-electron chi connectivity index (χ3n) is 4.00. The summed E-state index contributed by atoms with van der Waals surface area (Å²) in [7, 11) is 0. The second kappa shape index (κ2) is 7.61. The molecule has 1 aromatic heterocycles. The molecule has 0 aliphatic heterocycles. The standard InChI is InChI=1S/C19H12N4O6/c1-11-7-15(16(10-20)19(24)21-11)12-3-2-4-14(8-12)29-18-6-5-13(22(25)26)9-17(18)23(27)28/h2-9H,1H3,(H,21,24). The normalized spacial score (nSPS) is 10.2. The molecule has 144 valence electrons. The summed E-state index contributed by atoms with van der Waals surface area (Å²) in [5.41, 5.74) is -0.157. The van der Waals surface area contributed by atoms with Crippen molar-refractivity contribution in [1.29, 1.82) is 5.26 Å². The zero-order valence-electron chi connectivity index (χ0n) is 14.9. The lowest BCUT2D eigenvalue weighted by atomic mass is 10.0. The number of aromatic amines is 1. The highest BCUT2D eigenvalue weighted by atomic mass is 16.6. The van der Waals surface area contributed by atoms with Gasteiger partial charge in [0.25, 0.3) is 11.2 Å². The number of nitro benzene ring substituents is 2. The van der Waals surface area contributed by atoms with Gasteiger partial charge in [-0.05, 0) is 36.8 Å². The van der Waals surface area contributed by atoms with Crippen molar-refractivity contribution in [3.63, 3.8) is 0 Å². The number of pyridine rings is 1. The van der Waals surface area contributed by atoms with Crippen LogP contribution in [0.3, 0.4) is 0 Å². The number of nitrogens with one attached hydrogen (secondary N) is 1. The van der Waals surface area contributed by atoms with Crippen molar-refractivity contribution in [2.24, 2.45) is 0 Å². The van der Waals surface area contributed by atoms with E-state index < -0.39 is 26.8 Å². The maximum atomic E-state index is 12.0. The molecule has 0 unspecified atom stereocenters. The smallest absolute Gasteiger partial charge is 0.318 e. The molecule has 0 atom stereocenters. The first-order valence-electron chi connectivity index (χ1n) is 8.15. The van der Waals surface area contributed by atoms with Gasteiger partial charge in [0.15, 0.2) is 0 Å². The largest absolute Gasteiger partial charge is 0.450 e. The second-order valence-electron chi connectivity index (χ2n) is 5.98. The van der Waals surface area contributed by atoms with Gasteiger partial charge < -0.3 is 9.72 Å². The number of non-ortho nitro benzene ring substituents is 1. The Bertz CT molecular complexity index is 1240. The number of rotatable bonds is 5. The minimum absolute atomic E-state index is 0.0749. The van der Waals surface area contributed by atoms with Crippen LogP contribution in [0.15, 0.2) is 53.3 Å². The van der Waals surface area contributed by atoms with Gasteiger partial charge in [-0.15, -0.1) is 0 Å². The van der Waals surface area contributed by atoms with Crippen LogP contribution in [-0.4, -0.2) is 14.8 Å². The Hall–Kier alpha value is -4.52. The molecule has 2 aromatic carbocycles. The highest BCUT2D eigenvalue weighted by Crippen LogP contribution is 2.35. The van der Waals surface area contributed by atoms with Gasteiger partial charge in [-0.25, -0.2) is 0 Å². The number of nitrogens with zero attached hydrogens (tertiary/aromatic N) is 3. The molecule has 0 spiro atoms. The van der Waals surface area contributed by atoms with Crippen LogP contribution in [0.5, 0.6) is 11.5 Å². The number of nitro groups is 2. The van der Waals surface area contributed by atoms with Gasteiger partial charge in [0.05, 0.1) is 15.9 Å². The Morgan fingerprint density at radius 3 is 2.48 bits per heavy atom. The fraction of sp³-hybridized carbons (Fsp3) is 0.0526. The first-order chi connectivity index (χ1) is 13.8. The van der Waals surface area contributed by atoms with E-state index in [1.165, 1.54) is 12.1 Å². The predicted molar refractivity (Wildman–Crippen MR) is 102 cm³/mol. The minimum Gasteiger partial charge on any atom is -0.450 e. The average molecular weight is 392 g/mol. The fourth-order valence-corrected chi connectivity index (χ4v) is 2.73. The molecule has 0 aliphatic rings. The number of nitriles is 1. The highest BCUT2D eigenvalue weighted by molar-refractivity contribution is 5.71. The molecule has 3 aromatic rings. The second-order valence-corrected chi connectivity index (χ2v) is 5.98. The summed E-state index contributed by atoms with van der Waals surface area (Å²) in [6, 6.07) is 12.8. The van der Waals surface area contributed by atoms with Crippen molar-refractivity contribution in [3.05, 3.63) is 90.4 Å². The molecule has 0 aliphatic carbocycles. The van der Waals surface area contributed by atoms with E-state index in [-0.39, 0.29) is 17.1 Å². The van der Waals surface area contributed by atoms with E-state index in [1.54, 1.807) is 25.1 Å². The molecule has 0 bridgehead atoms. The Kier molecular flexibility index (Phi) is 5.05.